The minimum absolute atomic E-state index is 0.102. The molecule has 1 aliphatic carbocycles. The quantitative estimate of drug-likeness (QED) is 0.881. The molecular formula is C19H19NO3. The summed E-state index contributed by atoms with van der Waals surface area (Å²) >= 11 is 0. The number of fused-ring (bicyclic) bond motifs is 1. The van der Waals surface area contributed by atoms with Gasteiger partial charge in [-0.05, 0) is 67.1 Å². The van der Waals surface area contributed by atoms with E-state index < -0.39 is 0 Å². The topological polar surface area (TPSA) is 55.4 Å². The van der Waals surface area contributed by atoms with Gasteiger partial charge in [-0.25, -0.2) is 4.79 Å². The van der Waals surface area contributed by atoms with E-state index in [0.29, 0.717) is 11.3 Å². The Morgan fingerprint density at radius 3 is 2.48 bits per heavy atom. The highest BCUT2D eigenvalue weighted by Gasteiger charge is 2.17. The first kappa shape index (κ1) is 15.3. The molecule has 0 atom stereocenters. The van der Waals surface area contributed by atoms with E-state index in [1.165, 1.54) is 24.7 Å². The smallest absolute Gasteiger partial charge is 0.337 e. The second kappa shape index (κ2) is 6.65. The average Bonchev–Trinajstić information content (AvgIpc) is 2.61. The van der Waals surface area contributed by atoms with E-state index in [0.717, 1.165) is 24.8 Å². The maximum Gasteiger partial charge on any atom is 0.337 e. The van der Waals surface area contributed by atoms with Gasteiger partial charge in [0, 0.05) is 11.3 Å². The van der Waals surface area contributed by atoms with Crippen LogP contribution in [0.25, 0.3) is 0 Å². The van der Waals surface area contributed by atoms with E-state index in [4.69, 9.17) is 0 Å². The number of esters is 1. The number of ether oxygens (including phenoxy) is 1. The van der Waals surface area contributed by atoms with Crippen LogP contribution in [-0.4, -0.2) is 19.0 Å². The number of anilines is 1. The zero-order valence-electron chi connectivity index (χ0n) is 13.1. The zero-order valence-corrected chi connectivity index (χ0v) is 13.1. The highest BCUT2D eigenvalue weighted by atomic mass is 16.5. The van der Waals surface area contributed by atoms with Crippen molar-refractivity contribution in [1.82, 2.24) is 0 Å². The van der Waals surface area contributed by atoms with Crippen molar-refractivity contribution >= 4 is 17.6 Å². The number of rotatable bonds is 3. The summed E-state index contributed by atoms with van der Waals surface area (Å²) in [5.74, 6) is -0.491. The van der Waals surface area contributed by atoms with Crippen molar-refractivity contribution in [3.63, 3.8) is 0 Å². The molecule has 0 bridgehead atoms. The number of hydrogen-bond donors (Lipinski definition) is 1. The summed E-state index contributed by atoms with van der Waals surface area (Å²) in [5.41, 5.74) is 4.32. The van der Waals surface area contributed by atoms with E-state index in [-0.39, 0.29) is 11.9 Å². The molecule has 4 heteroatoms. The Kier molecular flexibility index (Phi) is 4.42. The predicted molar refractivity (Wildman–Crippen MR) is 88.8 cm³/mol. The van der Waals surface area contributed by atoms with Crippen molar-refractivity contribution in [3.05, 3.63) is 64.7 Å². The second-order valence-corrected chi connectivity index (χ2v) is 5.67. The standard InChI is InChI=1S/C19H19NO3/c1-23-19(22)14-9-11-15(12-10-14)20-18(21)17-8-4-6-13-5-2-3-7-16(13)17/h4,6,8-12H,2-3,5,7H2,1H3,(H,20,21). The molecule has 2 aromatic rings. The Morgan fingerprint density at radius 1 is 1.00 bits per heavy atom. The Hall–Kier alpha value is -2.62. The van der Waals surface area contributed by atoms with Gasteiger partial charge in [-0.15, -0.1) is 0 Å². The third-order valence-corrected chi connectivity index (χ3v) is 4.20. The highest BCUT2D eigenvalue weighted by molar-refractivity contribution is 6.05. The van der Waals surface area contributed by atoms with Gasteiger partial charge in [-0.2, -0.15) is 0 Å². The fourth-order valence-corrected chi connectivity index (χ4v) is 3.00. The zero-order chi connectivity index (χ0) is 16.2. The van der Waals surface area contributed by atoms with Crippen LogP contribution >= 0.6 is 0 Å². The number of carbonyl (C=O) groups is 2. The largest absolute Gasteiger partial charge is 0.465 e. The van der Waals surface area contributed by atoms with Gasteiger partial charge in [0.15, 0.2) is 0 Å². The molecule has 0 heterocycles. The number of hydrogen-bond acceptors (Lipinski definition) is 3. The van der Waals surface area contributed by atoms with Crippen LogP contribution in [0.4, 0.5) is 5.69 Å². The lowest BCUT2D eigenvalue weighted by molar-refractivity contribution is 0.0600. The number of carbonyl (C=O) groups excluding carboxylic acids is 2. The van der Waals surface area contributed by atoms with Gasteiger partial charge in [0.2, 0.25) is 0 Å². The molecule has 0 fully saturated rings. The van der Waals surface area contributed by atoms with Gasteiger partial charge in [0.1, 0.15) is 0 Å². The normalized spacial score (nSPS) is 13.1. The van der Waals surface area contributed by atoms with E-state index in [2.05, 4.69) is 16.1 Å². The maximum atomic E-state index is 12.6. The van der Waals surface area contributed by atoms with Gasteiger partial charge >= 0.3 is 5.97 Å². The van der Waals surface area contributed by atoms with E-state index in [1.54, 1.807) is 24.3 Å². The summed E-state index contributed by atoms with van der Waals surface area (Å²) < 4.78 is 4.66. The molecule has 1 amide bonds. The van der Waals surface area contributed by atoms with Gasteiger partial charge in [0.05, 0.1) is 12.7 Å². The highest BCUT2D eigenvalue weighted by Crippen LogP contribution is 2.25. The van der Waals surface area contributed by atoms with Crippen molar-refractivity contribution in [2.24, 2.45) is 0 Å². The summed E-state index contributed by atoms with van der Waals surface area (Å²) in [6.07, 6.45) is 4.32. The first-order valence-corrected chi connectivity index (χ1v) is 7.79. The average molecular weight is 309 g/mol. The number of amides is 1. The molecule has 118 valence electrons. The Bertz CT molecular complexity index is 735. The van der Waals surface area contributed by atoms with Crippen molar-refractivity contribution in [2.45, 2.75) is 25.7 Å². The third kappa shape index (κ3) is 3.26. The monoisotopic (exact) mass is 309 g/mol. The van der Waals surface area contributed by atoms with E-state index in [1.807, 2.05) is 12.1 Å². The molecule has 0 aliphatic heterocycles. The first-order chi connectivity index (χ1) is 11.2. The molecule has 0 spiro atoms. The van der Waals surface area contributed by atoms with E-state index >= 15 is 0 Å². The van der Waals surface area contributed by atoms with Crippen LogP contribution in [0.5, 0.6) is 0 Å². The van der Waals surface area contributed by atoms with Gasteiger partial charge < -0.3 is 10.1 Å². The van der Waals surface area contributed by atoms with Crippen LogP contribution in [0.1, 0.15) is 44.7 Å². The lowest BCUT2D eigenvalue weighted by atomic mass is 9.88. The number of methoxy groups -OCH3 is 1. The van der Waals surface area contributed by atoms with Crippen molar-refractivity contribution < 1.29 is 14.3 Å². The molecule has 0 radical (unpaired) electrons. The van der Waals surface area contributed by atoms with Crippen LogP contribution in [-0.2, 0) is 17.6 Å². The number of benzene rings is 2. The first-order valence-electron chi connectivity index (χ1n) is 7.79. The fourth-order valence-electron chi connectivity index (χ4n) is 3.00. The van der Waals surface area contributed by atoms with Crippen molar-refractivity contribution in [2.75, 3.05) is 12.4 Å². The molecule has 1 aliphatic rings. The van der Waals surface area contributed by atoms with Gasteiger partial charge in [-0.3, -0.25) is 4.79 Å². The van der Waals surface area contributed by atoms with Crippen molar-refractivity contribution in [1.29, 1.82) is 0 Å². The van der Waals surface area contributed by atoms with Gasteiger partial charge in [-0.1, -0.05) is 12.1 Å². The summed E-state index contributed by atoms with van der Waals surface area (Å²) in [6.45, 7) is 0. The van der Waals surface area contributed by atoms with Crippen LogP contribution in [0.2, 0.25) is 0 Å². The minimum Gasteiger partial charge on any atom is -0.465 e. The molecule has 0 saturated carbocycles. The lowest BCUT2D eigenvalue weighted by Crippen LogP contribution is -2.17. The van der Waals surface area contributed by atoms with Gasteiger partial charge in [0.25, 0.3) is 5.91 Å². The molecule has 1 N–H and O–H groups in total. The summed E-state index contributed by atoms with van der Waals surface area (Å²) in [6, 6.07) is 12.6. The Labute approximate surface area is 135 Å². The maximum absolute atomic E-state index is 12.6. The van der Waals surface area contributed by atoms with Crippen LogP contribution in [0.15, 0.2) is 42.5 Å². The SMILES string of the molecule is COC(=O)c1ccc(NC(=O)c2cccc3c2CCCC3)cc1. The summed E-state index contributed by atoms with van der Waals surface area (Å²) in [7, 11) is 1.34. The molecule has 23 heavy (non-hydrogen) atoms. The van der Waals surface area contributed by atoms with Crippen LogP contribution in [0, 0.1) is 0 Å². The number of aryl methyl sites for hydroxylation is 1. The Balaban J connectivity index is 1.78. The molecule has 0 unspecified atom stereocenters. The molecular weight excluding hydrogens is 290 g/mol. The van der Waals surface area contributed by atoms with Crippen LogP contribution in [0.3, 0.4) is 0 Å². The Morgan fingerprint density at radius 2 is 1.74 bits per heavy atom. The predicted octanol–water partition coefficient (Wildman–Crippen LogP) is 3.60. The molecule has 3 rings (SSSR count). The third-order valence-electron chi connectivity index (χ3n) is 4.20. The molecule has 2 aromatic carbocycles. The number of nitrogens with one attached hydrogen (secondary N) is 1. The minimum atomic E-state index is -0.389. The summed E-state index contributed by atoms with van der Waals surface area (Å²) in [4.78, 5) is 24.0. The second-order valence-electron chi connectivity index (χ2n) is 5.67. The van der Waals surface area contributed by atoms with Crippen LogP contribution < -0.4 is 5.32 Å². The lowest BCUT2D eigenvalue weighted by Gasteiger charge is -2.19. The van der Waals surface area contributed by atoms with Crippen molar-refractivity contribution in [3.8, 4) is 0 Å². The summed E-state index contributed by atoms with van der Waals surface area (Å²) in [5, 5.41) is 2.90. The fraction of sp³-hybridized carbons (Fsp3) is 0.263. The molecule has 4 nitrogen and oxygen atoms in total. The molecule has 0 aromatic heterocycles. The molecule has 0 saturated heterocycles. The van der Waals surface area contributed by atoms with E-state index in [9.17, 15) is 9.59 Å².